The summed E-state index contributed by atoms with van der Waals surface area (Å²) in [4.78, 5) is 1.39. The van der Waals surface area contributed by atoms with Gasteiger partial charge in [-0.05, 0) is 58.2 Å². The fourth-order valence-corrected chi connectivity index (χ4v) is 3.60. The van der Waals surface area contributed by atoms with E-state index in [9.17, 15) is 0 Å². The van der Waals surface area contributed by atoms with Crippen LogP contribution in [-0.4, -0.2) is 13.7 Å². The number of rotatable bonds is 6. The predicted molar refractivity (Wildman–Crippen MR) is 88.1 cm³/mol. The van der Waals surface area contributed by atoms with Gasteiger partial charge in [0, 0.05) is 22.4 Å². The van der Waals surface area contributed by atoms with Gasteiger partial charge in [-0.1, -0.05) is 15.9 Å². The molecule has 5 heteroatoms. The molecule has 0 fully saturated rings. The summed E-state index contributed by atoms with van der Waals surface area (Å²) < 4.78 is 7.54. The molecule has 2 nitrogen and oxygen atoms in total. The number of methoxy groups -OCH3 is 1. The molecule has 2 rings (SSSR count). The van der Waals surface area contributed by atoms with Crippen LogP contribution in [0.4, 0.5) is 0 Å². The van der Waals surface area contributed by atoms with E-state index in [0.717, 1.165) is 29.7 Å². The lowest BCUT2D eigenvalue weighted by molar-refractivity contribution is 0.414. The first kappa shape index (κ1) is 15.0. The van der Waals surface area contributed by atoms with Crippen LogP contribution in [0.1, 0.15) is 10.4 Å². The Bertz CT molecular complexity index is 542. The Balaban J connectivity index is 1.82. The number of benzene rings is 1. The van der Waals surface area contributed by atoms with E-state index in [2.05, 4.69) is 55.4 Å². The zero-order valence-corrected chi connectivity index (χ0v) is 14.6. The summed E-state index contributed by atoms with van der Waals surface area (Å²) in [5.74, 6) is 0.891. The second-order valence-corrected chi connectivity index (χ2v) is 7.49. The zero-order valence-electron chi connectivity index (χ0n) is 10.6. The lowest BCUT2D eigenvalue weighted by atomic mass is 10.2. The van der Waals surface area contributed by atoms with Crippen LogP contribution in [0.2, 0.25) is 0 Å². The van der Waals surface area contributed by atoms with Crippen LogP contribution in [0.15, 0.2) is 38.6 Å². The van der Waals surface area contributed by atoms with Crippen molar-refractivity contribution >= 4 is 43.2 Å². The molecule has 0 saturated heterocycles. The van der Waals surface area contributed by atoms with Gasteiger partial charge in [0.25, 0.3) is 0 Å². The van der Waals surface area contributed by atoms with Gasteiger partial charge in [0.15, 0.2) is 0 Å². The molecule has 0 spiro atoms. The maximum atomic E-state index is 5.24. The third kappa shape index (κ3) is 4.60. The molecule has 0 saturated carbocycles. The van der Waals surface area contributed by atoms with Crippen molar-refractivity contribution in [2.45, 2.75) is 13.0 Å². The highest BCUT2D eigenvalue weighted by molar-refractivity contribution is 9.11. The summed E-state index contributed by atoms with van der Waals surface area (Å²) in [5.41, 5.74) is 1.21. The average molecular weight is 405 g/mol. The first-order valence-electron chi connectivity index (χ1n) is 5.96. The molecule has 0 aliphatic carbocycles. The molecule has 0 amide bonds. The minimum atomic E-state index is 0.838. The second-order valence-electron chi connectivity index (χ2n) is 4.09. The van der Waals surface area contributed by atoms with E-state index in [1.165, 1.54) is 14.2 Å². The number of hydrogen-bond acceptors (Lipinski definition) is 3. The lowest BCUT2D eigenvalue weighted by Gasteiger charge is -2.08. The van der Waals surface area contributed by atoms with Crippen LogP contribution < -0.4 is 10.1 Å². The highest BCUT2D eigenvalue weighted by Gasteiger charge is 2.02. The SMILES string of the molecule is COc1ccc(Br)c(CNCCc2ccc(Br)s2)c1. The number of ether oxygens (including phenoxy) is 1. The molecule has 2 aromatic rings. The Hall–Kier alpha value is -0.360. The quantitative estimate of drug-likeness (QED) is 0.709. The molecule has 0 aliphatic rings. The summed E-state index contributed by atoms with van der Waals surface area (Å²) in [6, 6.07) is 10.3. The third-order valence-corrected chi connectivity index (χ3v) is 5.20. The van der Waals surface area contributed by atoms with E-state index in [1.807, 2.05) is 12.1 Å². The minimum absolute atomic E-state index is 0.838. The van der Waals surface area contributed by atoms with Crippen molar-refractivity contribution < 1.29 is 4.74 Å². The van der Waals surface area contributed by atoms with Gasteiger partial charge in [0.2, 0.25) is 0 Å². The van der Waals surface area contributed by atoms with E-state index in [4.69, 9.17) is 4.74 Å². The predicted octanol–water partition coefficient (Wildman–Crippen LogP) is 4.61. The number of thiophene rings is 1. The largest absolute Gasteiger partial charge is 0.497 e. The molecular weight excluding hydrogens is 390 g/mol. The molecule has 1 aromatic carbocycles. The average Bonchev–Trinajstić information content (AvgIpc) is 2.82. The standard InChI is InChI=1S/C14H15Br2NOS/c1-18-11-2-4-13(15)10(8-11)9-17-7-6-12-3-5-14(16)19-12/h2-5,8,17H,6-7,9H2,1H3. The monoisotopic (exact) mass is 403 g/mol. The third-order valence-electron chi connectivity index (χ3n) is 2.75. The van der Waals surface area contributed by atoms with Gasteiger partial charge in [-0.15, -0.1) is 11.3 Å². The van der Waals surface area contributed by atoms with Crippen LogP contribution in [0.25, 0.3) is 0 Å². The molecule has 1 N–H and O–H groups in total. The molecule has 1 aromatic heterocycles. The van der Waals surface area contributed by atoms with E-state index < -0.39 is 0 Å². The van der Waals surface area contributed by atoms with E-state index in [0.29, 0.717) is 0 Å². The normalized spacial score (nSPS) is 10.7. The van der Waals surface area contributed by atoms with Gasteiger partial charge in [0.05, 0.1) is 10.9 Å². The van der Waals surface area contributed by atoms with Crippen molar-refractivity contribution in [2.24, 2.45) is 0 Å². The summed E-state index contributed by atoms with van der Waals surface area (Å²) in [6.07, 6.45) is 1.05. The Morgan fingerprint density at radius 2 is 2.05 bits per heavy atom. The van der Waals surface area contributed by atoms with Gasteiger partial charge in [-0.2, -0.15) is 0 Å². The smallest absolute Gasteiger partial charge is 0.119 e. The van der Waals surface area contributed by atoms with Gasteiger partial charge in [0.1, 0.15) is 5.75 Å². The Labute approximate surface area is 134 Å². The first-order chi connectivity index (χ1) is 9.19. The van der Waals surface area contributed by atoms with Crippen molar-refractivity contribution in [1.29, 1.82) is 0 Å². The molecule has 0 unspecified atom stereocenters. The molecule has 0 bridgehead atoms. The Morgan fingerprint density at radius 3 is 2.74 bits per heavy atom. The zero-order chi connectivity index (χ0) is 13.7. The molecule has 19 heavy (non-hydrogen) atoms. The summed E-state index contributed by atoms with van der Waals surface area (Å²) in [6.45, 7) is 1.81. The van der Waals surface area contributed by atoms with Crippen molar-refractivity contribution in [1.82, 2.24) is 5.32 Å². The van der Waals surface area contributed by atoms with Gasteiger partial charge in [-0.3, -0.25) is 0 Å². The van der Waals surface area contributed by atoms with Crippen LogP contribution in [0.3, 0.4) is 0 Å². The summed E-state index contributed by atoms with van der Waals surface area (Å²) in [7, 11) is 1.69. The molecular formula is C14H15Br2NOS. The number of halogens is 2. The highest BCUT2D eigenvalue weighted by Crippen LogP contribution is 2.23. The maximum Gasteiger partial charge on any atom is 0.119 e. The van der Waals surface area contributed by atoms with Crippen molar-refractivity contribution in [2.75, 3.05) is 13.7 Å². The van der Waals surface area contributed by atoms with Crippen LogP contribution in [-0.2, 0) is 13.0 Å². The Kier molecular flexibility index (Phi) is 5.88. The molecule has 0 atom stereocenters. The minimum Gasteiger partial charge on any atom is -0.497 e. The van der Waals surface area contributed by atoms with Crippen LogP contribution >= 0.6 is 43.2 Å². The van der Waals surface area contributed by atoms with Crippen molar-refractivity contribution in [3.05, 3.63) is 49.0 Å². The van der Waals surface area contributed by atoms with Crippen molar-refractivity contribution in [3.8, 4) is 5.75 Å². The number of nitrogens with one attached hydrogen (secondary N) is 1. The molecule has 1 heterocycles. The summed E-state index contributed by atoms with van der Waals surface area (Å²) in [5, 5.41) is 3.46. The second kappa shape index (κ2) is 7.43. The Morgan fingerprint density at radius 1 is 1.21 bits per heavy atom. The molecule has 102 valence electrons. The highest BCUT2D eigenvalue weighted by atomic mass is 79.9. The lowest BCUT2D eigenvalue weighted by Crippen LogP contribution is -2.16. The van der Waals surface area contributed by atoms with E-state index >= 15 is 0 Å². The van der Waals surface area contributed by atoms with Gasteiger partial charge >= 0.3 is 0 Å². The van der Waals surface area contributed by atoms with E-state index in [-0.39, 0.29) is 0 Å². The van der Waals surface area contributed by atoms with Crippen molar-refractivity contribution in [3.63, 3.8) is 0 Å². The fraction of sp³-hybridized carbons (Fsp3) is 0.286. The van der Waals surface area contributed by atoms with Gasteiger partial charge < -0.3 is 10.1 Å². The fourth-order valence-electron chi connectivity index (χ4n) is 1.73. The topological polar surface area (TPSA) is 21.3 Å². The number of hydrogen-bond donors (Lipinski definition) is 1. The summed E-state index contributed by atoms with van der Waals surface area (Å²) >= 11 is 8.83. The first-order valence-corrected chi connectivity index (χ1v) is 8.36. The van der Waals surface area contributed by atoms with Crippen LogP contribution in [0.5, 0.6) is 5.75 Å². The molecule has 0 aliphatic heterocycles. The molecule has 0 radical (unpaired) electrons. The maximum absolute atomic E-state index is 5.24. The van der Waals surface area contributed by atoms with Crippen LogP contribution in [0, 0.1) is 0 Å². The van der Waals surface area contributed by atoms with E-state index in [1.54, 1.807) is 18.4 Å². The van der Waals surface area contributed by atoms with Gasteiger partial charge in [-0.25, -0.2) is 0 Å².